The summed E-state index contributed by atoms with van der Waals surface area (Å²) in [5.41, 5.74) is -0.415. The molecule has 0 aromatic heterocycles. The lowest BCUT2D eigenvalue weighted by Crippen LogP contribution is -2.28. The maximum absolute atomic E-state index is 11.8. The van der Waals surface area contributed by atoms with Crippen LogP contribution in [-0.4, -0.2) is 12.1 Å². The number of carbonyl (C=O) groups is 1. The minimum atomic E-state index is -0.415. The smallest absolute Gasteiger partial charge is 0.311 e. The van der Waals surface area contributed by atoms with Crippen LogP contribution in [-0.2, 0) is 9.53 Å². The van der Waals surface area contributed by atoms with E-state index in [1.165, 1.54) is 25.7 Å². The van der Waals surface area contributed by atoms with E-state index in [-0.39, 0.29) is 12.1 Å². The number of hydrogen-bond donors (Lipinski definition) is 0. The second-order valence-corrected chi connectivity index (χ2v) is 6.00. The first kappa shape index (κ1) is 17.2. The molecular formula is C16H30O2. The zero-order chi connectivity index (χ0) is 14.0. The summed E-state index contributed by atoms with van der Waals surface area (Å²) in [6.45, 7) is 11.6. The van der Waals surface area contributed by atoms with Crippen molar-refractivity contribution in [2.24, 2.45) is 5.41 Å². The van der Waals surface area contributed by atoms with Gasteiger partial charge in [-0.3, -0.25) is 4.79 Å². The molecular weight excluding hydrogens is 224 g/mol. The predicted molar refractivity (Wildman–Crippen MR) is 77.5 cm³/mol. The minimum Gasteiger partial charge on any atom is -0.462 e. The van der Waals surface area contributed by atoms with E-state index in [9.17, 15) is 4.79 Å². The Bertz CT molecular complexity index is 238. The molecule has 2 heteroatoms. The Morgan fingerprint density at radius 2 is 1.83 bits per heavy atom. The van der Waals surface area contributed by atoms with Gasteiger partial charge in [-0.1, -0.05) is 38.7 Å². The third-order valence-electron chi connectivity index (χ3n) is 2.95. The molecule has 1 unspecified atom stereocenters. The Hall–Kier alpha value is -0.790. The Balaban J connectivity index is 3.99. The molecule has 1 atom stereocenters. The van der Waals surface area contributed by atoms with Crippen LogP contribution in [0.5, 0.6) is 0 Å². The largest absolute Gasteiger partial charge is 0.462 e. The molecule has 0 radical (unpaired) electrons. The molecule has 0 aliphatic heterocycles. The molecule has 0 saturated heterocycles. The lowest BCUT2D eigenvalue weighted by Gasteiger charge is -2.22. The summed E-state index contributed by atoms with van der Waals surface area (Å²) in [7, 11) is 0. The van der Waals surface area contributed by atoms with Crippen LogP contribution in [0.4, 0.5) is 0 Å². The molecule has 0 saturated carbocycles. The first-order valence-electron chi connectivity index (χ1n) is 7.23. The molecule has 106 valence electrons. The van der Waals surface area contributed by atoms with E-state index in [2.05, 4.69) is 13.5 Å². The summed E-state index contributed by atoms with van der Waals surface area (Å²) in [5.74, 6) is -0.108. The third kappa shape index (κ3) is 8.32. The monoisotopic (exact) mass is 254 g/mol. The highest BCUT2D eigenvalue weighted by Gasteiger charge is 2.25. The van der Waals surface area contributed by atoms with Crippen molar-refractivity contribution >= 4 is 5.97 Å². The van der Waals surface area contributed by atoms with Crippen LogP contribution in [0, 0.1) is 5.41 Å². The van der Waals surface area contributed by atoms with E-state index in [1.807, 2.05) is 26.8 Å². The van der Waals surface area contributed by atoms with Gasteiger partial charge in [0.1, 0.15) is 6.10 Å². The minimum absolute atomic E-state index is 0.0100. The van der Waals surface area contributed by atoms with Gasteiger partial charge in [0.15, 0.2) is 0 Å². The molecule has 0 aliphatic carbocycles. The van der Waals surface area contributed by atoms with Crippen LogP contribution in [0.2, 0.25) is 0 Å². The zero-order valence-electron chi connectivity index (χ0n) is 12.6. The molecule has 0 aliphatic rings. The van der Waals surface area contributed by atoms with E-state index >= 15 is 0 Å². The van der Waals surface area contributed by atoms with Crippen molar-refractivity contribution in [1.29, 1.82) is 0 Å². The normalized spacial score (nSPS) is 13.1. The fourth-order valence-electron chi connectivity index (χ4n) is 1.71. The van der Waals surface area contributed by atoms with Crippen LogP contribution < -0.4 is 0 Å². The van der Waals surface area contributed by atoms with Crippen LogP contribution in [0.3, 0.4) is 0 Å². The summed E-state index contributed by atoms with van der Waals surface area (Å²) in [5, 5.41) is 0. The summed E-state index contributed by atoms with van der Waals surface area (Å²) >= 11 is 0. The van der Waals surface area contributed by atoms with Gasteiger partial charge in [-0.05, 0) is 33.6 Å². The van der Waals surface area contributed by atoms with Crippen LogP contribution in [0.1, 0.15) is 72.6 Å². The number of ether oxygens (including phenoxy) is 1. The molecule has 0 aromatic rings. The van der Waals surface area contributed by atoms with E-state index in [4.69, 9.17) is 4.74 Å². The second-order valence-electron chi connectivity index (χ2n) is 6.00. The van der Waals surface area contributed by atoms with Crippen molar-refractivity contribution in [2.45, 2.75) is 78.7 Å². The van der Waals surface area contributed by atoms with Crippen molar-refractivity contribution in [2.75, 3.05) is 0 Å². The molecule has 0 bridgehead atoms. The van der Waals surface area contributed by atoms with E-state index in [0.717, 1.165) is 19.3 Å². The molecule has 0 rings (SSSR count). The topological polar surface area (TPSA) is 26.3 Å². The van der Waals surface area contributed by atoms with Gasteiger partial charge in [0.05, 0.1) is 5.41 Å². The predicted octanol–water partition coefficient (Wildman–Crippen LogP) is 4.88. The maximum atomic E-state index is 11.8. The standard InChI is InChI=1S/C16H30O2/c1-6-8-9-10-11-13-14(12-7-2)18-15(17)16(3,4)5/h7,14H,2,6,8-13H2,1,3-5H3. The van der Waals surface area contributed by atoms with Gasteiger partial charge in [0, 0.05) is 6.42 Å². The lowest BCUT2D eigenvalue weighted by atomic mass is 9.97. The average Bonchev–Trinajstić information content (AvgIpc) is 2.27. The lowest BCUT2D eigenvalue weighted by molar-refractivity contribution is -0.158. The quantitative estimate of drug-likeness (QED) is 0.333. The summed E-state index contributed by atoms with van der Waals surface area (Å²) < 4.78 is 5.55. The van der Waals surface area contributed by atoms with Crippen molar-refractivity contribution in [1.82, 2.24) is 0 Å². The Kier molecular flexibility index (Phi) is 8.78. The SMILES string of the molecule is C=CCC(CCCCCCC)OC(=O)C(C)(C)C. The molecule has 0 N–H and O–H groups in total. The summed E-state index contributed by atoms with van der Waals surface area (Å²) in [4.78, 5) is 11.8. The van der Waals surface area contributed by atoms with Crippen molar-refractivity contribution < 1.29 is 9.53 Å². The fraction of sp³-hybridized carbons (Fsp3) is 0.812. The number of esters is 1. The highest BCUT2D eigenvalue weighted by atomic mass is 16.5. The zero-order valence-corrected chi connectivity index (χ0v) is 12.6. The van der Waals surface area contributed by atoms with Gasteiger partial charge in [0.25, 0.3) is 0 Å². The fourth-order valence-corrected chi connectivity index (χ4v) is 1.71. The van der Waals surface area contributed by atoms with Crippen LogP contribution >= 0.6 is 0 Å². The summed E-state index contributed by atoms with van der Waals surface area (Å²) in [6.07, 6.45) is 9.77. The molecule has 0 heterocycles. The summed E-state index contributed by atoms with van der Waals surface area (Å²) in [6, 6.07) is 0. The molecule has 0 aromatic carbocycles. The molecule has 18 heavy (non-hydrogen) atoms. The van der Waals surface area contributed by atoms with Crippen molar-refractivity contribution in [3.05, 3.63) is 12.7 Å². The van der Waals surface area contributed by atoms with Gasteiger partial charge in [0.2, 0.25) is 0 Å². The molecule has 0 spiro atoms. The average molecular weight is 254 g/mol. The highest BCUT2D eigenvalue weighted by molar-refractivity contribution is 5.75. The Morgan fingerprint density at radius 1 is 1.22 bits per heavy atom. The van der Waals surface area contributed by atoms with E-state index in [1.54, 1.807) is 0 Å². The van der Waals surface area contributed by atoms with E-state index in [0.29, 0.717) is 0 Å². The molecule has 2 nitrogen and oxygen atoms in total. The van der Waals surface area contributed by atoms with Crippen LogP contribution in [0.25, 0.3) is 0 Å². The number of unbranched alkanes of at least 4 members (excludes halogenated alkanes) is 4. The van der Waals surface area contributed by atoms with Crippen molar-refractivity contribution in [3.63, 3.8) is 0 Å². The maximum Gasteiger partial charge on any atom is 0.311 e. The second kappa shape index (κ2) is 9.18. The first-order chi connectivity index (χ1) is 8.41. The third-order valence-corrected chi connectivity index (χ3v) is 2.95. The first-order valence-corrected chi connectivity index (χ1v) is 7.23. The molecule has 0 fully saturated rings. The number of hydrogen-bond acceptors (Lipinski definition) is 2. The molecule has 0 amide bonds. The van der Waals surface area contributed by atoms with Gasteiger partial charge in [-0.25, -0.2) is 0 Å². The van der Waals surface area contributed by atoms with E-state index < -0.39 is 5.41 Å². The van der Waals surface area contributed by atoms with Gasteiger partial charge in [-0.2, -0.15) is 0 Å². The Labute approximate surface area is 113 Å². The number of carbonyl (C=O) groups excluding carboxylic acids is 1. The van der Waals surface area contributed by atoms with Gasteiger partial charge in [-0.15, -0.1) is 6.58 Å². The number of rotatable bonds is 9. The van der Waals surface area contributed by atoms with Crippen LogP contribution in [0.15, 0.2) is 12.7 Å². The highest BCUT2D eigenvalue weighted by Crippen LogP contribution is 2.20. The van der Waals surface area contributed by atoms with Crippen molar-refractivity contribution in [3.8, 4) is 0 Å². The van der Waals surface area contributed by atoms with Gasteiger partial charge < -0.3 is 4.74 Å². The van der Waals surface area contributed by atoms with Gasteiger partial charge >= 0.3 is 5.97 Å². The Morgan fingerprint density at radius 3 is 2.33 bits per heavy atom.